The van der Waals surface area contributed by atoms with Gasteiger partial charge in [-0.1, -0.05) is 6.92 Å². The van der Waals surface area contributed by atoms with Gasteiger partial charge >= 0.3 is 0 Å². The largest absolute Gasteiger partial charge is 0.380 e. The molecule has 1 fully saturated rings. The minimum atomic E-state index is -0.191. The molecule has 8 nitrogen and oxygen atoms in total. The molecule has 0 bridgehead atoms. The summed E-state index contributed by atoms with van der Waals surface area (Å²) < 4.78 is 5.42. The molecule has 118 valence electrons. The van der Waals surface area contributed by atoms with E-state index in [0.717, 1.165) is 17.9 Å². The molecule has 0 aliphatic carbocycles. The maximum absolute atomic E-state index is 12.8. The van der Waals surface area contributed by atoms with Gasteiger partial charge in [0.2, 0.25) is 0 Å². The Kier molecular flexibility index (Phi) is 3.93. The molecule has 0 radical (unpaired) electrons. The highest BCUT2D eigenvalue weighted by Gasteiger charge is 2.39. The second-order valence-electron chi connectivity index (χ2n) is 5.48. The fourth-order valence-corrected chi connectivity index (χ4v) is 2.75. The number of H-pyrrole nitrogens is 2. The summed E-state index contributed by atoms with van der Waals surface area (Å²) in [4.78, 5) is 18.9. The van der Waals surface area contributed by atoms with Crippen LogP contribution < -0.4 is 0 Å². The molecule has 3 heterocycles. The third-order valence-electron chi connectivity index (χ3n) is 4.00. The first-order chi connectivity index (χ1) is 10.6. The van der Waals surface area contributed by atoms with Crippen LogP contribution in [0, 0.1) is 6.92 Å². The minimum absolute atomic E-state index is 0.0163. The molecule has 1 aliphatic rings. The lowest BCUT2D eigenvalue weighted by Gasteiger charge is -2.21. The Morgan fingerprint density at radius 3 is 2.86 bits per heavy atom. The van der Waals surface area contributed by atoms with Crippen molar-refractivity contribution >= 4 is 5.91 Å². The van der Waals surface area contributed by atoms with Crippen LogP contribution in [0.4, 0.5) is 0 Å². The van der Waals surface area contributed by atoms with Gasteiger partial charge in [-0.25, -0.2) is 4.98 Å². The average molecular weight is 304 g/mol. The average Bonchev–Trinajstić information content (AvgIpc) is 3.24. The summed E-state index contributed by atoms with van der Waals surface area (Å²) in [6.45, 7) is 4.37. The van der Waals surface area contributed by atoms with Crippen molar-refractivity contribution in [2.45, 2.75) is 38.8 Å². The Morgan fingerprint density at radius 2 is 2.27 bits per heavy atom. The van der Waals surface area contributed by atoms with E-state index in [1.165, 1.54) is 0 Å². The van der Waals surface area contributed by atoms with Gasteiger partial charge in [-0.05, 0) is 19.4 Å². The number of aryl methyl sites for hydroxylation is 2. The van der Waals surface area contributed by atoms with Gasteiger partial charge in [0.25, 0.3) is 5.91 Å². The molecule has 3 rings (SSSR count). The monoisotopic (exact) mass is 304 g/mol. The predicted octanol–water partition coefficient (Wildman–Crippen LogP) is 1.00. The molecule has 0 saturated carbocycles. The van der Waals surface area contributed by atoms with Gasteiger partial charge < -0.3 is 9.64 Å². The van der Waals surface area contributed by atoms with Crippen molar-refractivity contribution in [2.24, 2.45) is 0 Å². The molecular formula is C14H20N6O2. The molecule has 1 aliphatic heterocycles. The zero-order valence-electron chi connectivity index (χ0n) is 13.0. The Bertz CT molecular complexity index is 664. The SMILES string of the molecule is CCc1cc(C(=O)N2C[C@H](OC)C[C@H]2c2n[nH]c(C)n2)n[nH]1. The van der Waals surface area contributed by atoms with E-state index in [2.05, 4.69) is 25.4 Å². The van der Waals surface area contributed by atoms with Gasteiger partial charge in [0, 0.05) is 25.8 Å². The van der Waals surface area contributed by atoms with Crippen LogP contribution in [0.5, 0.6) is 0 Å². The second kappa shape index (κ2) is 5.88. The second-order valence-corrected chi connectivity index (χ2v) is 5.48. The molecule has 2 aromatic rings. The quantitative estimate of drug-likeness (QED) is 0.878. The van der Waals surface area contributed by atoms with Gasteiger partial charge in [0.1, 0.15) is 11.5 Å². The van der Waals surface area contributed by atoms with Crippen molar-refractivity contribution < 1.29 is 9.53 Å². The van der Waals surface area contributed by atoms with E-state index < -0.39 is 0 Å². The summed E-state index contributed by atoms with van der Waals surface area (Å²) in [6.07, 6.45) is 1.48. The number of carbonyl (C=O) groups is 1. The molecular weight excluding hydrogens is 284 g/mol. The zero-order valence-corrected chi connectivity index (χ0v) is 13.0. The number of hydrogen-bond donors (Lipinski definition) is 2. The number of nitrogens with zero attached hydrogens (tertiary/aromatic N) is 4. The molecule has 2 aromatic heterocycles. The van der Waals surface area contributed by atoms with Crippen LogP contribution in [0.3, 0.4) is 0 Å². The third kappa shape index (κ3) is 2.61. The van der Waals surface area contributed by atoms with Gasteiger partial charge in [0.05, 0.1) is 12.1 Å². The van der Waals surface area contributed by atoms with E-state index in [4.69, 9.17) is 4.74 Å². The summed E-state index contributed by atoms with van der Waals surface area (Å²) in [5, 5.41) is 14.0. The van der Waals surface area contributed by atoms with E-state index in [1.54, 1.807) is 18.1 Å². The lowest BCUT2D eigenvalue weighted by atomic mass is 10.2. The molecule has 0 unspecified atom stereocenters. The highest BCUT2D eigenvalue weighted by atomic mass is 16.5. The van der Waals surface area contributed by atoms with Gasteiger partial charge in [-0.3, -0.25) is 15.0 Å². The van der Waals surface area contributed by atoms with E-state index in [0.29, 0.717) is 24.5 Å². The van der Waals surface area contributed by atoms with Crippen molar-refractivity contribution in [3.05, 3.63) is 29.1 Å². The molecule has 0 aromatic carbocycles. The number of hydrogen-bond acceptors (Lipinski definition) is 5. The summed E-state index contributed by atoms with van der Waals surface area (Å²) in [7, 11) is 1.66. The number of amides is 1. The summed E-state index contributed by atoms with van der Waals surface area (Å²) in [5.41, 5.74) is 1.36. The summed E-state index contributed by atoms with van der Waals surface area (Å²) >= 11 is 0. The highest BCUT2D eigenvalue weighted by molar-refractivity contribution is 5.92. The number of aromatic nitrogens is 5. The number of methoxy groups -OCH3 is 1. The van der Waals surface area contributed by atoms with Crippen molar-refractivity contribution in [3.63, 3.8) is 0 Å². The number of aromatic amines is 2. The normalized spacial score (nSPS) is 21.5. The van der Waals surface area contributed by atoms with Gasteiger partial charge in [-0.2, -0.15) is 10.2 Å². The van der Waals surface area contributed by atoms with Crippen molar-refractivity contribution in [1.82, 2.24) is 30.3 Å². The Balaban J connectivity index is 1.86. The predicted molar refractivity (Wildman–Crippen MR) is 78.3 cm³/mol. The van der Waals surface area contributed by atoms with Crippen LogP contribution in [0.25, 0.3) is 0 Å². The van der Waals surface area contributed by atoms with Crippen molar-refractivity contribution in [2.75, 3.05) is 13.7 Å². The van der Waals surface area contributed by atoms with Crippen LogP contribution in [-0.4, -0.2) is 55.9 Å². The molecule has 1 saturated heterocycles. The number of ether oxygens (including phenoxy) is 1. The topological polar surface area (TPSA) is 99.8 Å². The lowest BCUT2D eigenvalue weighted by molar-refractivity contribution is 0.0678. The number of nitrogens with one attached hydrogen (secondary N) is 2. The van der Waals surface area contributed by atoms with Gasteiger partial charge in [0.15, 0.2) is 5.82 Å². The first-order valence-corrected chi connectivity index (χ1v) is 7.39. The smallest absolute Gasteiger partial charge is 0.275 e. The molecule has 1 amide bonds. The van der Waals surface area contributed by atoms with Crippen molar-refractivity contribution in [1.29, 1.82) is 0 Å². The van der Waals surface area contributed by atoms with E-state index in [9.17, 15) is 4.79 Å². The molecule has 2 N–H and O–H groups in total. The van der Waals surface area contributed by atoms with E-state index >= 15 is 0 Å². The third-order valence-corrected chi connectivity index (χ3v) is 4.00. The van der Waals surface area contributed by atoms with E-state index in [-0.39, 0.29) is 18.1 Å². The summed E-state index contributed by atoms with van der Waals surface area (Å²) in [5.74, 6) is 1.23. The van der Waals surface area contributed by atoms with Crippen LogP contribution in [0.15, 0.2) is 6.07 Å². The van der Waals surface area contributed by atoms with Crippen molar-refractivity contribution in [3.8, 4) is 0 Å². The van der Waals surface area contributed by atoms with Gasteiger partial charge in [-0.15, -0.1) is 0 Å². The lowest BCUT2D eigenvalue weighted by Crippen LogP contribution is -2.32. The fraction of sp³-hybridized carbons (Fsp3) is 0.571. The molecule has 2 atom stereocenters. The standard InChI is InChI=1S/C14H20N6O2/c1-4-9-5-11(18-17-9)14(21)20-7-10(22-3)6-12(20)13-15-8(2)16-19-13/h5,10,12H,4,6-7H2,1-3H3,(H,17,18)(H,15,16,19)/t10-,12+/m1/s1. The Hall–Kier alpha value is -2.22. The number of carbonyl (C=O) groups excluding carboxylic acids is 1. The Morgan fingerprint density at radius 1 is 1.45 bits per heavy atom. The molecule has 0 spiro atoms. The molecule has 22 heavy (non-hydrogen) atoms. The van der Waals surface area contributed by atoms with Crippen LogP contribution in [-0.2, 0) is 11.2 Å². The Labute approximate surface area is 128 Å². The summed E-state index contributed by atoms with van der Waals surface area (Å²) in [6, 6.07) is 1.60. The van der Waals surface area contributed by atoms with E-state index in [1.807, 2.05) is 13.8 Å². The first kappa shape index (κ1) is 14.7. The number of rotatable bonds is 4. The van der Waals surface area contributed by atoms with Crippen LogP contribution in [0.1, 0.15) is 47.2 Å². The first-order valence-electron chi connectivity index (χ1n) is 7.39. The zero-order chi connectivity index (χ0) is 15.7. The minimum Gasteiger partial charge on any atom is -0.380 e. The fourth-order valence-electron chi connectivity index (χ4n) is 2.75. The van der Waals surface area contributed by atoms with Crippen LogP contribution in [0.2, 0.25) is 0 Å². The maximum atomic E-state index is 12.8. The number of likely N-dealkylation sites (tertiary alicyclic amines) is 1. The molecule has 8 heteroatoms. The van der Waals surface area contributed by atoms with Crippen LogP contribution >= 0.6 is 0 Å². The highest BCUT2D eigenvalue weighted by Crippen LogP contribution is 2.32. The maximum Gasteiger partial charge on any atom is 0.275 e.